The number of thiocarbonyl (C=S) groups is 1. The van der Waals surface area contributed by atoms with E-state index in [9.17, 15) is 27.2 Å². The third-order valence-corrected chi connectivity index (χ3v) is 5.55. The first-order valence-electron chi connectivity index (χ1n) is 9.78. The average molecular weight is 463 g/mol. The summed E-state index contributed by atoms with van der Waals surface area (Å²) in [6, 6.07) is 8.41. The van der Waals surface area contributed by atoms with Crippen LogP contribution in [0.3, 0.4) is 0 Å². The van der Waals surface area contributed by atoms with E-state index in [1.165, 1.54) is 18.2 Å². The highest BCUT2D eigenvalue weighted by Crippen LogP contribution is 2.33. The number of rotatable bonds is 3. The molecule has 2 aliphatic rings. The first-order valence-corrected chi connectivity index (χ1v) is 10.2. The molecule has 10 heteroatoms. The van der Waals surface area contributed by atoms with Gasteiger partial charge in [0.1, 0.15) is 11.4 Å². The van der Waals surface area contributed by atoms with Crippen LogP contribution < -0.4 is 15.1 Å². The van der Waals surface area contributed by atoms with Crippen LogP contribution in [0.4, 0.5) is 28.9 Å². The zero-order valence-electron chi connectivity index (χ0n) is 16.6. The van der Waals surface area contributed by atoms with Crippen LogP contribution in [0.25, 0.3) is 6.08 Å². The number of hydrogen-bond donors (Lipinski definition) is 1. The molecule has 4 rings (SSSR count). The quantitative estimate of drug-likeness (QED) is 0.320. The summed E-state index contributed by atoms with van der Waals surface area (Å²) in [5, 5.41) is 1.96. The number of nitrogens with one attached hydrogen (secondary N) is 1. The maximum atomic E-state index is 14.6. The number of alkyl halides is 3. The summed E-state index contributed by atoms with van der Waals surface area (Å²) in [5.41, 5.74) is -0.773. The van der Waals surface area contributed by atoms with Gasteiger partial charge in [-0.2, -0.15) is 13.2 Å². The topological polar surface area (TPSA) is 52.7 Å². The number of anilines is 2. The summed E-state index contributed by atoms with van der Waals surface area (Å²) in [6.07, 6.45) is -1.47. The minimum absolute atomic E-state index is 0.142. The molecule has 2 amide bonds. The number of carbonyl (C=O) groups excluding carboxylic acids is 2. The molecule has 0 bridgehead atoms. The van der Waals surface area contributed by atoms with Crippen LogP contribution >= 0.6 is 12.2 Å². The number of benzene rings is 2. The SMILES string of the molecule is O=C1NC(=S)N(c2cccc(C(F)(F)F)c2)C(=O)/C1=C/c1ccc(N2CCCC2)c(F)c1. The third-order valence-electron chi connectivity index (χ3n) is 5.26. The monoisotopic (exact) mass is 463 g/mol. The van der Waals surface area contributed by atoms with E-state index in [0.717, 1.165) is 49.0 Å². The van der Waals surface area contributed by atoms with Crippen molar-refractivity contribution in [1.29, 1.82) is 0 Å². The van der Waals surface area contributed by atoms with E-state index in [4.69, 9.17) is 12.2 Å². The molecular weight excluding hydrogens is 446 g/mol. The van der Waals surface area contributed by atoms with E-state index in [1.54, 1.807) is 12.1 Å². The Labute approximate surface area is 186 Å². The number of carbonyl (C=O) groups is 2. The highest BCUT2D eigenvalue weighted by atomic mass is 32.1. The lowest BCUT2D eigenvalue weighted by Gasteiger charge is -2.29. The van der Waals surface area contributed by atoms with Gasteiger partial charge in [-0.3, -0.25) is 19.8 Å². The third kappa shape index (κ3) is 4.22. The highest BCUT2D eigenvalue weighted by molar-refractivity contribution is 7.80. The van der Waals surface area contributed by atoms with Crippen LogP contribution in [0, 0.1) is 5.82 Å². The van der Waals surface area contributed by atoms with Gasteiger partial charge in [0, 0.05) is 13.1 Å². The summed E-state index contributed by atoms with van der Waals surface area (Å²) in [4.78, 5) is 28.1. The van der Waals surface area contributed by atoms with Crippen molar-refractivity contribution < 1.29 is 27.2 Å². The molecule has 2 aromatic rings. The van der Waals surface area contributed by atoms with E-state index in [-0.39, 0.29) is 21.9 Å². The number of amides is 2. The zero-order valence-corrected chi connectivity index (χ0v) is 17.4. The van der Waals surface area contributed by atoms with Crippen molar-refractivity contribution in [3.05, 3.63) is 65.0 Å². The lowest BCUT2D eigenvalue weighted by atomic mass is 10.1. The van der Waals surface area contributed by atoms with Crippen LogP contribution in [0.2, 0.25) is 0 Å². The Kier molecular flexibility index (Phi) is 5.72. The van der Waals surface area contributed by atoms with Crippen LogP contribution in [0.15, 0.2) is 48.0 Å². The highest BCUT2D eigenvalue weighted by Gasteiger charge is 2.36. The lowest BCUT2D eigenvalue weighted by Crippen LogP contribution is -2.54. The fourth-order valence-corrected chi connectivity index (χ4v) is 3.99. The van der Waals surface area contributed by atoms with Crippen molar-refractivity contribution in [2.24, 2.45) is 0 Å². The summed E-state index contributed by atoms with van der Waals surface area (Å²) < 4.78 is 53.9. The van der Waals surface area contributed by atoms with Gasteiger partial charge in [0.25, 0.3) is 11.8 Å². The van der Waals surface area contributed by atoms with Gasteiger partial charge in [0.2, 0.25) is 0 Å². The molecular formula is C22H17F4N3O2S. The number of nitrogens with zero attached hydrogens (tertiary/aromatic N) is 2. The first-order chi connectivity index (χ1) is 15.1. The molecule has 0 saturated carbocycles. The Balaban J connectivity index is 1.67. The average Bonchev–Trinajstić information content (AvgIpc) is 3.25. The van der Waals surface area contributed by atoms with Gasteiger partial charge < -0.3 is 4.90 Å². The summed E-state index contributed by atoms with van der Waals surface area (Å²) in [7, 11) is 0. The second kappa shape index (κ2) is 8.34. The molecule has 5 nitrogen and oxygen atoms in total. The molecule has 0 aliphatic carbocycles. The summed E-state index contributed by atoms with van der Waals surface area (Å²) >= 11 is 5.02. The Hall–Kier alpha value is -3.27. The van der Waals surface area contributed by atoms with Crippen molar-refractivity contribution in [1.82, 2.24) is 5.32 Å². The zero-order chi connectivity index (χ0) is 23.0. The molecule has 0 atom stereocenters. The molecule has 1 N–H and O–H groups in total. The fourth-order valence-electron chi connectivity index (χ4n) is 3.71. The van der Waals surface area contributed by atoms with Gasteiger partial charge in [0.15, 0.2) is 5.11 Å². The molecule has 2 heterocycles. The smallest absolute Gasteiger partial charge is 0.369 e. The molecule has 32 heavy (non-hydrogen) atoms. The lowest BCUT2D eigenvalue weighted by molar-refractivity contribution is -0.137. The van der Waals surface area contributed by atoms with Crippen LogP contribution in [0.1, 0.15) is 24.0 Å². The van der Waals surface area contributed by atoms with E-state index in [1.807, 2.05) is 4.90 Å². The van der Waals surface area contributed by atoms with Crippen LogP contribution in [-0.4, -0.2) is 30.0 Å². The molecule has 2 aliphatic heterocycles. The van der Waals surface area contributed by atoms with Gasteiger partial charge in [-0.05, 0) is 67.0 Å². The predicted octanol–water partition coefficient (Wildman–Crippen LogP) is 4.28. The molecule has 166 valence electrons. The van der Waals surface area contributed by atoms with E-state index in [0.29, 0.717) is 5.69 Å². The standard InChI is InChI=1S/C22H17F4N3O2S/c23-17-11-13(6-7-18(17)28-8-1-2-9-28)10-16-19(30)27-21(32)29(20(16)31)15-5-3-4-14(12-15)22(24,25)26/h3-7,10-12H,1-2,8-9H2,(H,27,30,32)/b16-10+. The maximum Gasteiger partial charge on any atom is 0.416 e. The van der Waals surface area contributed by atoms with Gasteiger partial charge >= 0.3 is 6.18 Å². The predicted molar refractivity (Wildman–Crippen MR) is 115 cm³/mol. The van der Waals surface area contributed by atoms with Crippen molar-refractivity contribution >= 4 is 46.6 Å². The van der Waals surface area contributed by atoms with E-state index in [2.05, 4.69) is 5.32 Å². The minimum Gasteiger partial charge on any atom is -0.369 e. The van der Waals surface area contributed by atoms with Gasteiger partial charge in [-0.15, -0.1) is 0 Å². The van der Waals surface area contributed by atoms with Crippen molar-refractivity contribution in [2.75, 3.05) is 22.9 Å². The van der Waals surface area contributed by atoms with Gasteiger partial charge in [0.05, 0.1) is 16.9 Å². The second-order valence-corrected chi connectivity index (χ2v) is 7.80. The molecule has 2 aromatic carbocycles. The molecule has 0 aromatic heterocycles. The second-order valence-electron chi connectivity index (χ2n) is 7.41. The summed E-state index contributed by atoms with van der Waals surface area (Å²) in [5.74, 6) is -2.20. The Bertz CT molecular complexity index is 1140. The molecule has 0 spiro atoms. The molecule has 2 saturated heterocycles. The normalized spacial score (nSPS) is 18.5. The molecule has 2 fully saturated rings. The summed E-state index contributed by atoms with van der Waals surface area (Å²) in [6.45, 7) is 1.50. The van der Waals surface area contributed by atoms with Crippen LogP contribution in [0.5, 0.6) is 0 Å². The van der Waals surface area contributed by atoms with Crippen LogP contribution in [-0.2, 0) is 15.8 Å². The molecule has 0 radical (unpaired) electrons. The van der Waals surface area contributed by atoms with Gasteiger partial charge in [-0.25, -0.2) is 4.39 Å². The fraction of sp³-hybridized carbons (Fsp3) is 0.227. The first kappa shape index (κ1) is 21.9. The largest absolute Gasteiger partial charge is 0.416 e. The van der Waals surface area contributed by atoms with Crippen molar-refractivity contribution in [3.63, 3.8) is 0 Å². The van der Waals surface area contributed by atoms with Gasteiger partial charge in [-0.1, -0.05) is 12.1 Å². The Morgan fingerprint density at radius 1 is 1.03 bits per heavy atom. The van der Waals surface area contributed by atoms with E-state index < -0.39 is 29.4 Å². The van der Waals surface area contributed by atoms with Crippen molar-refractivity contribution in [2.45, 2.75) is 19.0 Å². The number of hydrogen-bond acceptors (Lipinski definition) is 4. The minimum atomic E-state index is -4.62. The molecule has 0 unspecified atom stereocenters. The Morgan fingerprint density at radius 3 is 2.41 bits per heavy atom. The van der Waals surface area contributed by atoms with E-state index >= 15 is 0 Å². The van der Waals surface area contributed by atoms with Crippen molar-refractivity contribution in [3.8, 4) is 0 Å². The maximum absolute atomic E-state index is 14.6. The Morgan fingerprint density at radius 2 is 1.75 bits per heavy atom. The number of halogens is 4.